The predicted molar refractivity (Wildman–Crippen MR) is 50.9 cm³/mol. The first-order chi connectivity index (χ1) is 5.16. The van der Waals surface area contributed by atoms with Crippen molar-refractivity contribution in [1.82, 2.24) is 5.32 Å². The quantitative estimate of drug-likeness (QED) is 0.709. The van der Waals surface area contributed by atoms with Crippen molar-refractivity contribution < 1.29 is 4.79 Å². The monoisotopic (exact) mass is 221 g/mol. The Kier molecular flexibility index (Phi) is 6.62. The van der Waals surface area contributed by atoms with Gasteiger partial charge in [0.1, 0.15) is 0 Å². The molecule has 11 heavy (non-hydrogen) atoms. The van der Waals surface area contributed by atoms with Crippen LogP contribution in [0.3, 0.4) is 0 Å². The first-order valence-electron chi connectivity index (χ1n) is 4.07. The number of carbonyl (C=O) groups is 1. The van der Waals surface area contributed by atoms with E-state index in [4.69, 9.17) is 0 Å². The Morgan fingerprint density at radius 2 is 2.27 bits per heavy atom. The number of rotatable bonds is 5. The third-order valence-electron chi connectivity index (χ3n) is 1.34. The number of hydrogen-bond donors (Lipinski definition) is 1. The maximum Gasteiger partial charge on any atom is 0.220 e. The molecule has 0 aromatic heterocycles. The molecule has 1 atom stereocenters. The van der Waals surface area contributed by atoms with Crippen LogP contribution in [0.4, 0.5) is 0 Å². The van der Waals surface area contributed by atoms with Crippen LogP contribution in [0, 0.1) is 0 Å². The van der Waals surface area contributed by atoms with Gasteiger partial charge in [0.05, 0.1) is 0 Å². The van der Waals surface area contributed by atoms with E-state index < -0.39 is 0 Å². The number of halogens is 1. The van der Waals surface area contributed by atoms with Gasteiger partial charge >= 0.3 is 0 Å². The van der Waals surface area contributed by atoms with Crippen LogP contribution in [0.5, 0.6) is 0 Å². The van der Waals surface area contributed by atoms with E-state index in [1.54, 1.807) is 0 Å². The Labute approximate surface area is 76.9 Å². The average molecular weight is 222 g/mol. The van der Waals surface area contributed by atoms with Crippen molar-refractivity contribution in [2.24, 2.45) is 0 Å². The fourth-order valence-corrected chi connectivity index (χ4v) is 0.842. The van der Waals surface area contributed by atoms with E-state index in [0.717, 1.165) is 19.4 Å². The fourth-order valence-electron chi connectivity index (χ4n) is 0.680. The zero-order valence-corrected chi connectivity index (χ0v) is 8.78. The third kappa shape index (κ3) is 7.85. The second-order valence-corrected chi connectivity index (χ2v) is 4.25. The van der Waals surface area contributed by atoms with Crippen molar-refractivity contribution in [3.8, 4) is 0 Å². The number of hydrogen-bond acceptors (Lipinski definition) is 1. The summed E-state index contributed by atoms with van der Waals surface area (Å²) in [5.74, 6) is 0.165. The molecule has 3 heteroatoms. The van der Waals surface area contributed by atoms with E-state index in [2.05, 4.69) is 28.2 Å². The minimum atomic E-state index is 0.165. The van der Waals surface area contributed by atoms with Crippen molar-refractivity contribution in [3.05, 3.63) is 0 Å². The lowest BCUT2D eigenvalue weighted by Crippen LogP contribution is -2.27. The molecule has 2 nitrogen and oxygen atoms in total. The van der Waals surface area contributed by atoms with Gasteiger partial charge < -0.3 is 5.32 Å². The lowest BCUT2D eigenvalue weighted by Gasteiger charge is -2.05. The Morgan fingerprint density at radius 3 is 2.73 bits per heavy atom. The summed E-state index contributed by atoms with van der Waals surface area (Å²) in [5, 5.41) is 2.83. The van der Waals surface area contributed by atoms with Gasteiger partial charge in [0.15, 0.2) is 0 Å². The molecule has 0 heterocycles. The van der Waals surface area contributed by atoms with Crippen LogP contribution in [-0.4, -0.2) is 17.3 Å². The van der Waals surface area contributed by atoms with Gasteiger partial charge in [0.25, 0.3) is 0 Å². The van der Waals surface area contributed by atoms with Crippen LogP contribution in [0.2, 0.25) is 0 Å². The molecule has 0 radical (unpaired) electrons. The molecule has 0 bridgehead atoms. The van der Waals surface area contributed by atoms with E-state index >= 15 is 0 Å². The summed E-state index contributed by atoms with van der Waals surface area (Å²) in [6.45, 7) is 4.82. The Hall–Kier alpha value is -0.0500. The van der Waals surface area contributed by atoms with E-state index in [1.807, 2.05) is 6.92 Å². The van der Waals surface area contributed by atoms with Gasteiger partial charge in [-0.25, -0.2) is 0 Å². The SMILES string of the molecule is CCCCC(=O)NCC(C)Br. The molecule has 0 aliphatic carbocycles. The van der Waals surface area contributed by atoms with E-state index in [1.165, 1.54) is 0 Å². The van der Waals surface area contributed by atoms with Gasteiger partial charge in [-0.05, 0) is 6.42 Å². The maximum atomic E-state index is 11.0. The summed E-state index contributed by atoms with van der Waals surface area (Å²) in [5.41, 5.74) is 0. The fraction of sp³-hybridized carbons (Fsp3) is 0.875. The highest BCUT2D eigenvalue weighted by atomic mass is 79.9. The molecule has 1 N–H and O–H groups in total. The zero-order valence-electron chi connectivity index (χ0n) is 7.19. The Morgan fingerprint density at radius 1 is 1.64 bits per heavy atom. The Bertz CT molecular complexity index is 115. The first kappa shape index (κ1) is 11.0. The van der Waals surface area contributed by atoms with Crippen LogP contribution >= 0.6 is 15.9 Å². The number of amides is 1. The molecule has 1 amide bonds. The van der Waals surface area contributed by atoms with Gasteiger partial charge in [-0.2, -0.15) is 0 Å². The molecule has 0 aliphatic heterocycles. The minimum Gasteiger partial charge on any atom is -0.355 e. The van der Waals surface area contributed by atoms with E-state index in [-0.39, 0.29) is 5.91 Å². The molecule has 0 aromatic carbocycles. The van der Waals surface area contributed by atoms with Crippen molar-refractivity contribution in [1.29, 1.82) is 0 Å². The molecule has 0 aromatic rings. The summed E-state index contributed by atoms with van der Waals surface area (Å²) >= 11 is 3.36. The first-order valence-corrected chi connectivity index (χ1v) is 4.99. The van der Waals surface area contributed by atoms with Gasteiger partial charge in [0.2, 0.25) is 5.91 Å². The van der Waals surface area contributed by atoms with Crippen LogP contribution in [0.25, 0.3) is 0 Å². The highest BCUT2D eigenvalue weighted by Gasteiger charge is 2.00. The maximum absolute atomic E-state index is 11.0. The average Bonchev–Trinajstić information content (AvgIpc) is 1.97. The van der Waals surface area contributed by atoms with Gasteiger partial charge in [0, 0.05) is 17.8 Å². The normalized spacial score (nSPS) is 12.6. The lowest BCUT2D eigenvalue weighted by atomic mass is 10.2. The standard InChI is InChI=1S/C8H16BrNO/c1-3-4-5-8(11)10-6-7(2)9/h7H,3-6H2,1-2H3,(H,10,11). The summed E-state index contributed by atoms with van der Waals surface area (Å²) in [7, 11) is 0. The third-order valence-corrected chi connectivity index (χ3v) is 1.66. The molecule has 0 saturated carbocycles. The minimum absolute atomic E-state index is 0.165. The molecule has 0 saturated heterocycles. The number of carbonyl (C=O) groups excluding carboxylic acids is 1. The van der Waals surface area contributed by atoms with Gasteiger partial charge in [-0.15, -0.1) is 0 Å². The summed E-state index contributed by atoms with van der Waals surface area (Å²) in [6.07, 6.45) is 2.73. The van der Waals surface area contributed by atoms with Crippen molar-refractivity contribution in [3.63, 3.8) is 0 Å². The van der Waals surface area contributed by atoms with E-state index in [0.29, 0.717) is 11.2 Å². The molecular weight excluding hydrogens is 206 g/mol. The summed E-state index contributed by atoms with van der Waals surface area (Å²) in [6, 6.07) is 0. The van der Waals surface area contributed by atoms with Crippen molar-refractivity contribution >= 4 is 21.8 Å². The van der Waals surface area contributed by atoms with Crippen LogP contribution in [0.1, 0.15) is 33.1 Å². The molecule has 0 rings (SSSR count). The van der Waals surface area contributed by atoms with Crippen LogP contribution in [-0.2, 0) is 4.79 Å². The molecule has 66 valence electrons. The number of unbranched alkanes of at least 4 members (excludes halogenated alkanes) is 1. The van der Waals surface area contributed by atoms with Crippen molar-refractivity contribution in [2.75, 3.05) is 6.54 Å². The molecule has 0 fully saturated rings. The second kappa shape index (κ2) is 6.65. The summed E-state index contributed by atoms with van der Waals surface area (Å²) in [4.78, 5) is 11.3. The molecule has 1 unspecified atom stereocenters. The number of nitrogens with one attached hydrogen (secondary N) is 1. The zero-order chi connectivity index (χ0) is 8.69. The van der Waals surface area contributed by atoms with Crippen molar-refractivity contribution in [2.45, 2.75) is 37.9 Å². The second-order valence-electron chi connectivity index (χ2n) is 2.69. The molecule has 0 spiro atoms. The van der Waals surface area contributed by atoms with Gasteiger partial charge in [-0.3, -0.25) is 4.79 Å². The van der Waals surface area contributed by atoms with Crippen LogP contribution in [0.15, 0.2) is 0 Å². The predicted octanol–water partition coefficient (Wildman–Crippen LogP) is 2.08. The molecule has 0 aliphatic rings. The highest BCUT2D eigenvalue weighted by Crippen LogP contribution is 1.96. The molecular formula is C8H16BrNO. The largest absolute Gasteiger partial charge is 0.355 e. The van der Waals surface area contributed by atoms with E-state index in [9.17, 15) is 4.79 Å². The smallest absolute Gasteiger partial charge is 0.220 e. The summed E-state index contributed by atoms with van der Waals surface area (Å²) < 4.78 is 0. The highest BCUT2D eigenvalue weighted by molar-refractivity contribution is 9.09. The van der Waals surface area contributed by atoms with Gasteiger partial charge in [-0.1, -0.05) is 36.2 Å². The Balaban J connectivity index is 3.23. The van der Waals surface area contributed by atoms with Crippen LogP contribution < -0.4 is 5.32 Å². The number of alkyl halides is 1. The topological polar surface area (TPSA) is 29.1 Å². The lowest BCUT2D eigenvalue weighted by molar-refractivity contribution is -0.121.